The molecule has 0 fully saturated rings. The van der Waals surface area contributed by atoms with Crippen LogP contribution in [-0.2, 0) is 11.3 Å². The highest BCUT2D eigenvalue weighted by Crippen LogP contribution is 2.18. The molecular weight excluding hydrogens is 416 g/mol. The lowest BCUT2D eigenvalue weighted by Crippen LogP contribution is -2.26. The topological polar surface area (TPSA) is 80.3 Å². The van der Waals surface area contributed by atoms with Gasteiger partial charge < -0.3 is 10.1 Å². The van der Waals surface area contributed by atoms with Crippen molar-refractivity contribution < 1.29 is 23.1 Å². The number of carbonyl (C=O) groups excluding carboxylic acids is 2. The van der Waals surface area contributed by atoms with Gasteiger partial charge in [-0.25, -0.2) is 13.6 Å². The average molecular weight is 439 g/mol. The number of aromatic nitrogens is 1. The fourth-order valence-electron chi connectivity index (χ4n) is 2.87. The maximum absolute atomic E-state index is 12.6. The molecule has 0 spiro atoms. The van der Waals surface area contributed by atoms with Gasteiger partial charge in [-0.3, -0.25) is 15.1 Å². The first-order chi connectivity index (χ1) is 15.3. The molecular formula is C24H23F2N3O3. The summed E-state index contributed by atoms with van der Waals surface area (Å²) in [6.45, 7) is 3.94. The number of pyridine rings is 1. The predicted molar refractivity (Wildman–Crippen MR) is 117 cm³/mol. The van der Waals surface area contributed by atoms with E-state index in [0.717, 1.165) is 29.0 Å². The van der Waals surface area contributed by atoms with Crippen molar-refractivity contribution in [3.8, 4) is 0 Å². The Morgan fingerprint density at radius 3 is 2.28 bits per heavy atom. The van der Waals surface area contributed by atoms with Crippen LogP contribution < -0.4 is 10.6 Å². The summed E-state index contributed by atoms with van der Waals surface area (Å²) in [6, 6.07) is 16.7. The fraction of sp³-hybridized carbons (Fsp3) is 0.208. The number of hydrogen-bond donors (Lipinski definition) is 2. The molecule has 0 unspecified atom stereocenters. The third kappa shape index (κ3) is 6.34. The number of benzene rings is 2. The quantitative estimate of drug-likeness (QED) is 0.505. The highest BCUT2D eigenvalue weighted by atomic mass is 19.3. The van der Waals surface area contributed by atoms with Crippen molar-refractivity contribution in [1.29, 1.82) is 0 Å². The maximum atomic E-state index is 12.6. The molecule has 0 aliphatic rings. The smallest absolute Gasteiger partial charge is 0.411 e. The van der Waals surface area contributed by atoms with Crippen LogP contribution in [0.3, 0.4) is 0 Å². The Morgan fingerprint density at radius 1 is 1.00 bits per heavy atom. The summed E-state index contributed by atoms with van der Waals surface area (Å²) in [5.74, 6) is -0.423. The summed E-state index contributed by atoms with van der Waals surface area (Å²) in [6.07, 6.45) is -2.13. The minimum atomic E-state index is -2.68. The van der Waals surface area contributed by atoms with Crippen LogP contribution >= 0.6 is 0 Å². The van der Waals surface area contributed by atoms with Gasteiger partial charge in [0.25, 0.3) is 12.3 Å². The van der Waals surface area contributed by atoms with Crippen LogP contribution in [0.5, 0.6) is 0 Å². The van der Waals surface area contributed by atoms with E-state index in [1.807, 2.05) is 31.2 Å². The van der Waals surface area contributed by atoms with E-state index < -0.39 is 18.4 Å². The molecule has 0 aliphatic carbocycles. The van der Waals surface area contributed by atoms with Crippen molar-refractivity contribution in [2.24, 2.45) is 0 Å². The zero-order chi connectivity index (χ0) is 23.1. The Kier molecular flexibility index (Phi) is 7.49. The number of alkyl halides is 2. The zero-order valence-electron chi connectivity index (χ0n) is 17.6. The summed E-state index contributed by atoms with van der Waals surface area (Å²) >= 11 is 0. The number of rotatable bonds is 7. The van der Waals surface area contributed by atoms with Crippen LogP contribution in [0.2, 0.25) is 0 Å². The van der Waals surface area contributed by atoms with E-state index in [0.29, 0.717) is 5.69 Å². The minimum absolute atomic E-state index is 0.167. The SMILES string of the molecule is Cc1ccc(COC(=O)Nc2ccc([C@H](C)NC(=O)c3ccc(C(F)F)nc3)cc2)cc1. The normalized spacial score (nSPS) is 11.7. The van der Waals surface area contributed by atoms with Crippen molar-refractivity contribution in [2.75, 3.05) is 5.32 Å². The summed E-state index contributed by atoms with van der Waals surface area (Å²) in [5, 5.41) is 5.44. The molecule has 2 N–H and O–H groups in total. The third-order valence-corrected chi connectivity index (χ3v) is 4.77. The highest BCUT2D eigenvalue weighted by Gasteiger charge is 2.14. The molecule has 0 radical (unpaired) electrons. The summed E-state index contributed by atoms with van der Waals surface area (Å²) in [4.78, 5) is 27.9. The Bertz CT molecular complexity index is 1050. The molecule has 32 heavy (non-hydrogen) atoms. The van der Waals surface area contributed by atoms with E-state index in [2.05, 4.69) is 15.6 Å². The second-order valence-electron chi connectivity index (χ2n) is 7.28. The van der Waals surface area contributed by atoms with Gasteiger partial charge in [0.15, 0.2) is 0 Å². The molecule has 3 rings (SSSR count). The fourth-order valence-corrected chi connectivity index (χ4v) is 2.87. The van der Waals surface area contributed by atoms with Gasteiger partial charge in [0, 0.05) is 11.9 Å². The van der Waals surface area contributed by atoms with Gasteiger partial charge in [0.2, 0.25) is 0 Å². The number of ether oxygens (including phenoxy) is 1. The average Bonchev–Trinajstić information content (AvgIpc) is 2.79. The molecule has 166 valence electrons. The number of hydrogen-bond acceptors (Lipinski definition) is 4. The molecule has 1 heterocycles. The Balaban J connectivity index is 1.50. The van der Waals surface area contributed by atoms with Crippen molar-refractivity contribution in [2.45, 2.75) is 32.9 Å². The van der Waals surface area contributed by atoms with Gasteiger partial charge >= 0.3 is 6.09 Å². The van der Waals surface area contributed by atoms with Crippen LogP contribution in [0.4, 0.5) is 19.3 Å². The van der Waals surface area contributed by atoms with Crippen LogP contribution in [0, 0.1) is 6.92 Å². The summed E-state index contributed by atoms with van der Waals surface area (Å²) in [5.41, 5.74) is 3.18. The van der Waals surface area contributed by atoms with Crippen molar-refractivity contribution in [3.05, 3.63) is 94.8 Å². The number of anilines is 1. The van der Waals surface area contributed by atoms with Gasteiger partial charge in [0.05, 0.1) is 11.6 Å². The van der Waals surface area contributed by atoms with Crippen LogP contribution in [0.1, 0.15) is 52.1 Å². The van der Waals surface area contributed by atoms with E-state index >= 15 is 0 Å². The van der Waals surface area contributed by atoms with Gasteiger partial charge in [-0.2, -0.15) is 0 Å². The van der Waals surface area contributed by atoms with E-state index in [9.17, 15) is 18.4 Å². The van der Waals surface area contributed by atoms with Gasteiger partial charge in [-0.05, 0) is 49.2 Å². The van der Waals surface area contributed by atoms with Crippen molar-refractivity contribution in [1.82, 2.24) is 10.3 Å². The van der Waals surface area contributed by atoms with E-state index in [-0.39, 0.29) is 23.9 Å². The second kappa shape index (κ2) is 10.5. The lowest BCUT2D eigenvalue weighted by molar-refractivity contribution is 0.0938. The number of carbonyl (C=O) groups is 2. The number of nitrogens with zero attached hydrogens (tertiary/aromatic N) is 1. The highest BCUT2D eigenvalue weighted by molar-refractivity contribution is 5.94. The van der Waals surface area contributed by atoms with Crippen LogP contribution in [0.15, 0.2) is 66.9 Å². The number of nitrogens with one attached hydrogen (secondary N) is 2. The zero-order valence-corrected chi connectivity index (χ0v) is 17.6. The van der Waals surface area contributed by atoms with E-state index in [1.165, 1.54) is 6.07 Å². The molecule has 1 aromatic heterocycles. The Morgan fingerprint density at radius 2 is 1.69 bits per heavy atom. The van der Waals surface area contributed by atoms with Crippen LogP contribution in [0.25, 0.3) is 0 Å². The lowest BCUT2D eigenvalue weighted by atomic mass is 10.1. The molecule has 0 aliphatic heterocycles. The lowest BCUT2D eigenvalue weighted by Gasteiger charge is -2.15. The minimum Gasteiger partial charge on any atom is -0.444 e. The number of aryl methyl sites for hydroxylation is 1. The summed E-state index contributed by atoms with van der Waals surface area (Å²) < 4.78 is 30.4. The van der Waals surface area contributed by atoms with Crippen molar-refractivity contribution in [3.63, 3.8) is 0 Å². The molecule has 2 amide bonds. The molecule has 0 saturated carbocycles. The Labute approximate surface area is 184 Å². The van der Waals surface area contributed by atoms with Gasteiger partial charge in [-0.15, -0.1) is 0 Å². The van der Waals surface area contributed by atoms with Crippen molar-refractivity contribution >= 4 is 17.7 Å². The molecule has 8 heteroatoms. The number of amides is 2. The van der Waals surface area contributed by atoms with Gasteiger partial charge in [-0.1, -0.05) is 42.0 Å². The molecule has 1 atom stereocenters. The maximum Gasteiger partial charge on any atom is 0.411 e. The molecule has 3 aromatic rings. The second-order valence-corrected chi connectivity index (χ2v) is 7.28. The molecule has 6 nitrogen and oxygen atoms in total. The van der Waals surface area contributed by atoms with Crippen LogP contribution in [-0.4, -0.2) is 17.0 Å². The first-order valence-electron chi connectivity index (χ1n) is 9.96. The first-order valence-corrected chi connectivity index (χ1v) is 9.96. The standard InChI is InChI=1S/C24H23F2N3O3/c1-15-3-5-17(6-4-15)14-32-24(31)29-20-10-7-18(8-11-20)16(2)28-23(30)19-9-12-21(22(25)26)27-13-19/h3-13,16,22H,14H2,1-2H3,(H,28,30)(H,29,31)/t16-/m0/s1. The monoisotopic (exact) mass is 439 g/mol. The summed E-state index contributed by atoms with van der Waals surface area (Å²) in [7, 11) is 0. The van der Waals surface area contributed by atoms with E-state index in [1.54, 1.807) is 31.2 Å². The first kappa shape index (κ1) is 22.9. The third-order valence-electron chi connectivity index (χ3n) is 4.77. The largest absolute Gasteiger partial charge is 0.444 e. The number of halogens is 2. The van der Waals surface area contributed by atoms with Gasteiger partial charge in [0.1, 0.15) is 12.3 Å². The van der Waals surface area contributed by atoms with E-state index in [4.69, 9.17) is 4.74 Å². The molecule has 0 bridgehead atoms. The molecule has 2 aromatic carbocycles. The molecule has 0 saturated heterocycles. The Hall–Kier alpha value is -3.81. The predicted octanol–water partition coefficient (Wildman–Crippen LogP) is 5.57.